The largest absolute Gasteiger partial charge is 0.488 e. The van der Waals surface area contributed by atoms with Gasteiger partial charge in [0.2, 0.25) is 0 Å². The zero-order valence-electron chi connectivity index (χ0n) is 23.1. The van der Waals surface area contributed by atoms with Gasteiger partial charge in [-0.25, -0.2) is 9.79 Å². The summed E-state index contributed by atoms with van der Waals surface area (Å²) in [5, 5.41) is 9.45. The summed E-state index contributed by atoms with van der Waals surface area (Å²) in [6.45, 7) is 3.93. The second-order valence-corrected chi connectivity index (χ2v) is 12.1. The number of halogens is 1. The van der Waals surface area contributed by atoms with Crippen molar-refractivity contribution in [3.63, 3.8) is 0 Å². The predicted octanol–water partition coefficient (Wildman–Crippen LogP) is 5.73. The number of carbonyl (C=O) groups is 1. The lowest BCUT2D eigenvalue weighted by Gasteiger charge is -2.24. The van der Waals surface area contributed by atoms with E-state index in [1.54, 1.807) is 42.3 Å². The zero-order chi connectivity index (χ0) is 29.8. The van der Waals surface area contributed by atoms with Gasteiger partial charge in [-0.2, -0.15) is 5.26 Å². The molecule has 0 bridgehead atoms. The highest BCUT2D eigenvalue weighted by molar-refractivity contribution is 9.10. The molecule has 0 spiro atoms. The van der Waals surface area contributed by atoms with Crippen LogP contribution in [0.1, 0.15) is 42.1 Å². The number of fused-ring (bicyclic) bond motifs is 1. The van der Waals surface area contributed by atoms with Gasteiger partial charge in [0, 0.05) is 20.5 Å². The van der Waals surface area contributed by atoms with E-state index in [9.17, 15) is 14.9 Å². The molecule has 0 aliphatic carbocycles. The summed E-state index contributed by atoms with van der Waals surface area (Å²) in [6, 6.07) is 22.2. The molecule has 0 N–H and O–H groups in total. The Kier molecular flexibility index (Phi) is 9.12. The molecule has 3 aromatic carbocycles. The molecule has 1 aromatic heterocycles. The number of rotatable bonds is 8. The van der Waals surface area contributed by atoms with E-state index < -0.39 is 12.0 Å². The van der Waals surface area contributed by atoms with Crippen molar-refractivity contribution in [3.05, 3.63) is 124 Å². The van der Waals surface area contributed by atoms with Crippen LogP contribution in [-0.2, 0) is 16.1 Å². The highest BCUT2D eigenvalue weighted by Gasteiger charge is 2.33. The zero-order valence-corrected chi connectivity index (χ0v) is 26.3. The van der Waals surface area contributed by atoms with Gasteiger partial charge in [0.05, 0.1) is 40.1 Å². The van der Waals surface area contributed by atoms with Crippen LogP contribution in [0, 0.1) is 11.3 Å². The number of benzene rings is 3. The van der Waals surface area contributed by atoms with Crippen LogP contribution in [0.15, 0.2) is 97.2 Å². The van der Waals surface area contributed by atoms with Gasteiger partial charge in [-0.1, -0.05) is 57.6 Å². The second-order valence-electron chi connectivity index (χ2n) is 9.32. The summed E-state index contributed by atoms with van der Waals surface area (Å²) in [6.07, 6.45) is 3.77. The van der Waals surface area contributed by atoms with Gasteiger partial charge in [-0.05, 0) is 68.1 Å². The van der Waals surface area contributed by atoms with Crippen LogP contribution in [0.25, 0.3) is 6.08 Å². The van der Waals surface area contributed by atoms with Gasteiger partial charge in [0.15, 0.2) is 4.80 Å². The smallest absolute Gasteiger partial charge is 0.338 e. The van der Waals surface area contributed by atoms with Crippen molar-refractivity contribution in [3.8, 4) is 11.8 Å². The Morgan fingerprint density at radius 2 is 1.95 bits per heavy atom. The number of thiazole rings is 1. The van der Waals surface area contributed by atoms with Crippen LogP contribution >= 0.6 is 39.0 Å². The molecule has 42 heavy (non-hydrogen) atoms. The first-order valence-corrected chi connectivity index (χ1v) is 15.9. The predicted molar refractivity (Wildman–Crippen MR) is 168 cm³/mol. The summed E-state index contributed by atoms with van der Waals surface area (Å²) in [5.74, 6) is 0.0664. The number of ether oxygens (including phenoxy) is 2. The van der Waals surface area contributed by atoms with E-state index in [4.69, 9.17) is 9.47 Å². The van der Waals surface area contributed by atoms with Crippen molar-refractivity contribution in [2.75, 3.05) is 12.9 Å². The Hall–Kier alpha value is -3.91. The number of esters is 1. The summed E-state index contributed by atoms with van der Waals surface area (Å²) in [4.78, 5) is 33.4. The van der Waals surface area contributed by atoms with E-state index in [0.717, 1.165) is 20.5 Å². The Labute approximate surface area is 259 Å². The number of thioether (sulfide) groups is 1. The van der Waals surface area contributed by atoms with Gasteiger partial charge in [-0.15, -0.1) is 11.8 Å². The average molecular weight is 661 g/mol. The van der Waals surface area contributed by atoms with Crippen molar-refractivity contribution in [2.45, 2.75) is 31.4 Å². The third-order valence-electron chi connectivity index (χ3n) is 6.73. The van der Waals surface area contributed by atoms with Crippen molar-refractivity contribution in [1.29, 1.82) is 5.26 Å². The molecule has 212 valence electrons. The fourth-order valence-corrected chi connectivity index (χ4v) is 6.53. The molecular formula is C32H26BrN3O4S2. The summed E-state index contributed by atoms with van der Waals surface area (Å²) < 4.78 is 14.4. The minimum absolute atomic E-state index is 0.196. The van der Waals surface area contributed by atoms with Crippen LogP contribution < -0.4 is 19.6 Å². The Morgan fingerprint density at radius 1 is 1.19 bits per heavy atom. The molecule has 1 atom stereocenters. The number of carbonyl (C=O) groups excluding carboxylic acids is 1. The molecule has 1 aliphatic rings. The number of nitrogens with zero attached hydrogens (tertiary/aromatic N) is 3. The summed E-state index contributed by atoms with van der Waals surface area (Å²) in [5.41, 5.74) is 3.38. The average Bonchev–Trinajstić information content (AvgIpc) is 3.30. The third-order valence-corrected chi connectivity index (χ3v) is 8.95. The molecule has 0 unspecified atom stereocenters. The van der Waals surface area contributed by atoms with E-state index in [2.05, 4.69) is 27.0 Å². The van der Waals surface area contributed by atoms with Gasteiger partial charge < -0.3 is 9.47 Å². The molecule has 1 aliphatic heterocycles. The molecule has 0 radical (unpaired) electrons. The van der Waals surface area contributed by atoms with E-state index in [1.807, 2.05) is 66.9 Å². The molecule has 0 saturated carbocycles. The SMILES string of the molecule is CCOC(=O)C1=C(C)N=c2s/c(=C\c3cc(Br)ccc3OCc3ccccc3C#N)c(=O)n2[C@@H]1c1ccc(SC)cc1. The first-order chi connectivity index (χ1) is 20.3. The number of allylic oxidation sites excluding steroid dienone is 1. The molecule has 10 heteroatoms. The number of hydrogen-bond donors (Lipinski definition) is 0. The third kappa shape index (κ3) is 6.00. The Morgan fingerprint density at radius 3 is 2.67 bits per heavy atom. The molecule has 4 aromatic rings. The van der Waals surface area contributed by atoms with Crippen LogP contribution in [0.4, 0.5) is 0 Å². The Balaban J connectivity index is 1.62. The molecule has 0 amide bonds. The molecular weight excluding hydrogens is 634 g/mol. The van der Waals surface area contributed by atoms with Crippen molar-refractivity contribution < 1.29 is 14.3 Å². The Bertz CT molecular complexity index is 1920. The maximum absolute atomic E-state index is 14.0. The minimum atomic E-state index is -0.681. The first kappa shape index (κ1) is 29.6. The highest BCUT2D eigenvalue weighted by atomic mass is 79.9. The maximum Gasteiger partial charge on any atom is 0.338 e. The van der Waals surface area contributed by atoms with Gasteiger partial charge in [0.25, 0.3) is 5.56 Å². The van der Waals surface area contributed by atoms with Gasteiger partial charge in [0.1, 0.15) is 12.4 Å². The van der Waals surface area contributed by atoms with E-state index >= 15 is 0 Å². The quantitative estimate of drug-likeness (QED) is 0.177. The summed E-state index contributed by atoms with van der Waals surface area (Å²) in [7, 11) is 0. The van der Waals surface area contributed by atoms with Gasteiger partial charge >= 0.3 is 5.97 Å². The molecule has 5 rings (SSSR count). The van der Waals surface area contributed by atoms with Crippen molar-refractivity contribution >= 4 is 51.1 Å². The lowest BCUT2D eigenvalue weighted by atomic mass is 9.96. The molecule has 7 nitrogen and oxygen atoms in total. The van der Waals surface area contributed by atoms with E-state index in [0.29, 0.717) is 37.5 Å². The van der Waals surface area contributed by atoms with Crippen molar-refractivity contribution in [1.82, 2.24) is 4.57 Å². The fourth-order valence-electron chi connectivity index (χ4n) is 4.71. The summed E-state index contributed by atoms with van der Waals surface area (Å²) >= 11 is 6.39. The van der Waals surface area contributed by atoms with Crippen LogP contribution in [0.3, 0.4) is 0 Å². The lowest BCUT2D eigenvalue weighted by Crippen LogP contribution is -2.39. The van der Waals surface area contributed by atoms with E-state index in [-0.39, 0.29) is 18.8 Å². The molecule has 2 heterocycles. The fraction of sp³-hybridized carbons (Fsp3) is 0.188. The maximum atomic E-state index is 14.0. The molecule has 0 fully saturated rings. The highest BCUT2D eigenvalue weighted by Crippen LogP contribution is 2.32. The first-order valence-electron chi connectivity index (χ1n) is 13.1. The topological polar surface area (TPSA) is 93.7 Å². The van der Waals surface area contributed by atoms with Crippen LogP contribution in [0.5, 0.6) is 5.75 Å². The van der Waals surface area contributed by atoms with Crippen LogP contribution in [-0.4, -0.2) is 23.4 Å². The number of nitriles is 1. The van der Waals surface area contributed by atoms with Gasteiger partial charge in [-0.3, -0.25) is 9.36 Å². The lowest BCUT2D eigenvalue weighted by molar-refractivity contribution is -0.139. The minimum Gasteiger partial charge on any atom is -0.488 e. The van der Waals surface area contributed by atoms with E-state index in [1.165, 1.54) is 11.3 Å². The standard InChI is InChI=1S/C32H26BrN3O4S2/c1-4-39-31(38)28-19(2)35-32-36(29(28)20-9-12-25(41-3)13-10-20)30(37)27(42-32)16-23-15-24(33)11-14-26(23)40-18-22-8-6-5-7-21(22)17-34/h5-16,29H,4,18H2,1-3H3/b27-16-/t29-/m1/s1. The normalized spacial score (nSPS) is 14.6. The monoisotopic (exact) mass is 659 g/mol. The van der Waals surface area contributed by atoms with Crippen molar-refractivity contribution in [2.24, 2.45) is 4.99 Å². The molecule has 0 saturated heterocycles. The second kappa shape index (κ2) is 12.9. The number of aromatic nitrogens is 1. The van der Waals surface area contributed by atoms with Crippen LogP contribution in [0.2, 0.25) is 0 Å². The number of hydrogen-bond acceptors (Lipinski definition) is 8.